The van der Waals surface area contributed by atoms with Gasteiger partial charge in [0.2, 0.25) is 5.91 Å². The Kier molecular flexibility index (Phi) is 7.10. The summed E-state index contributed by atoms with van der Waals surface area (Å²) in [5.41, 5.74) is 2.33. The molecule has 166 valence electrons. The van der Waals surface area contributed by atoms with E-state index in [1.807, 2.05) is 48.5 Å². The van der Waals surface area contributed by atoms with Crippen LogP contribution in [0.3, 0.4) is 0 Å². The van der Waals surface area contributed by atoms with E-state index in [0.717, 1.165) is 18.2 Å². The number of benzene rings is 4. The number of aryl methyl sites for hydroxylation is 1. The lowest BCUT2D eigenvalue weighted by Crippen LogP contribution is -2.40. The average molecular weight is 441 g/mol. The first kappa shape index (κ1) is 22.2. The number of rotatable bonds is 8. The minimum absolute atomic E-state index is 0.259. The molecule has 5 heteroatoms. The van der Waals surface area contributed by atoms with Crippen LogP contribution in [0.15, 0.2) is 97.1 Å². The Hall–Kier alpha value is -3.99. The topological polar surface area (TPSA) is 58.2 Å². The van der Waals surface area contributed by atoms with Crippen molar-refractivity contribution in [2.45, 2.75) is 18.9 Å². The van der Waals surface area contributed by atoms with Gasteiger partial charge in [0, 0.05) is 12.1 Å². The maximum atomic E-state index is 13.4. The number of halogens is 1. The fourth-order valence-electron chi connectivity index (χ4n) is 3.77. The van der Waals surface area contributed by atoms with Gasteiger partial charge in [0.1, 0.15) is 11.9 Å². The number of nitrogens with one attached hydrogen (secondary N) is 2. The Morgan fingerprint density at radius 3 is 2.21 bits per heavy atom. The van der Waals surface area contributed by atoms with Gasteiger partial charge in [-0.3, -0.25) is 9.59 Å². The van der Waals surface area contributed by atoms with Crippen LogP contribution >= 0.6 is 0 Å². The molecular weight excluding hydrogens is 415 g/mol. The zero-order valence-corrected chi connectivity index (χ0v) is 18.1. The van der Waals surface area contributed by atoms with Crippen molar-refractivity contribution in [3.8, 4) is 0 Å². The number of hydrogen-bond acceptors (Lipinski definition) is 2. The van der Waals surface area contributed by atoms with Gasteiger partial charge < -0.3 is 10.6 Å². The summed E-state index contributed by atoms with van der Waals surface area (Å²) in [5.74, 6) is -0.951. The summed E-state index contributed by atoms with van der Waals surface area (Å²) >= 11 is 0. The van der Waals surface area contributed by atoms with E-state index in [2.05, 4.69) is 22.8 Å². The van der Waals surface area contributed by atoms with Crippen molar-refractivity contribution >= 4 is 22.6 Å². The molecule has 0 saturated heterocycles. The largest absolute Gasteiger partial charge is 0.354 e. The SMILES string of the molecule is O=C(N[C@H](C(=O)NCCCc1ccccc1)c1ccccc1)c1ccc2cc(F)ccc2c1. The summed E-state index contributed by atoms with van der Waals surface area (Å²) in [6.45, 7) is 0.508. The highest BCUT2D eigenvalue weighted by molar-refractivity contribution is 6.00. The van der Waals surface area contributed by atoms with Crippen LogP contribution < -0.4 is 10.6 Å². The summed E-state index contributed by atoms with van der Waals surface area (Å²) < 4.78 is 13.4. The van der Waals surface area contributed by atoms with Gasteiger partial charge >= 0.3 is 0 Å². The zero-order valence-electron chi connectivity index (χ0n) is 18.1. The third-order valence-corrected chi connectivity index (χ3v) is 5.52. The van der Waals surface area contributed by atoms with Gasteiger partial charge in [0.15, 0.2) is 0 Å². The highest BCUT2D eigenvalue weighted by Gasteiger charge is 2.23. The van der Waals surface area contributed by atoms with E-state index in [9.17, 15) is 14.0 Å². The minimum atomic E-state index is -0.820. The Morgan fingerprint density at radius 1 is 0.788 bits per heavy atom. The second kappa shape index (κ2) is 10.6. The standard InChI is InChI=1S/C28H25FN2O2/c29-25-16-15-22-18-24(14-13-23(22)19-25)27(32)31-26(21-11-5-2-6-12-21)28(33)30-17-7-10-20-8-3-1-4-9-20/h1-6,8-9,11-16,18-19,26H,7,10,17H2,(H,30,33)(H,31,32)/t26-/m0/s1. The molecule has 33 heavy (non-hydrogen) atoms. The van der Waals surface area contributed by atoms with E-state index in [-0.39, 0.29) is 17.6 Å². The lowest BCUT2D eigenvalue weighted by molar-refractivity contribution is -0.123. The maximum absolute atomic E-state index is 13.4. The molecule has 0 radical (unpaired) electrons. The smallest absolute Gasteiger partial charge is 0.252 e. The van der Waals surface area contributed by atoms with Crippen molar-refractivity contribution in [1.82, 2.24) is 10.6 Å². The Labute approximate surface area is 192 Å². The van der Waals surface area contributed by atoms with Gasteiger partial charge in [-0.05, 0) is 59.0 Å². The molecule has 1 atom stereocenters. The molecule has 4 aromatic carbocycles. The van der Waals surface area contributed by atoms with E-state index in [1.54, 1.807) is 24.3 Å². The molecule has 0 heterocycles. The highest BCUT2D eigenvalue weighted by atomic mass is 19.1. The van der Waals surface area contributed by atoms with Crippen LogP contribution in [0.1, 0.15) is 33.9 Å². The molecule has 0 unspecified atom stereocenters. The van der Waals surface area contributed by atoms with Crippen LogP contribution in [-0.4, -0.2) is 18.4 Å². The molecular formula is C28H25FN2O2. The van der Waals surface area contributed by atoms with Crippen molar-refractivity contribution in [3.63, 3.8) is 0 Å². The van der Waals surface area contributed by atoms with E-state index in [1.165, 1.54) is 17.7 Å². The molecule has 4 rings (SSSR count). The fraction of sp³-hybridized carbons (Fsp3) is 0.143. The van der Waals surface area contributed by atoms with Gasteiger partial charge in [0.25, 0.3) is 5.91 Å². The van der Waals surface area contributed by atoms with E-state index >= 15 is 0 Å². The molecule has 0 saturated carbocycles. The predicted molar refractivity (Wildman–Crippen MR) is 128 cm³/mol. The molecule has 2 N–H and O–H groups in total. The van der Waals surface area contributed by atoms with Gasteiger partial charge in [-0.25, -0.2) is 4.39 Å². The Balaban J connectivity index is 1.44. The molecule has 4 aromatic rings. The number of hydrogen-bond donors (Lipinski definition) is 2. The third-order valence-electron chi connectivity index (χ3n) is 5.52. The van der Waals surface area contributed by atoms with E-state index in [4.69, 9.17) is 0 Å². The summed E-state index contributed by atoms with van der Waals surface area (Å²) in [6.07, 6.45) is 1.66. The number of amides is 2. The van der Waals surface area contributed by atoms with E-state index in [0.29, 0.717) is 23.1 Å². The lowest BCUT2D eigenvalue weighted by Gasteiger charge is -2.19. The van der Waals surface area contributed by atoms with E-state index < -0.39 is 6.04 Å². The molecule has 0 bridgehead atoms. The van der Waals surface area contributed by atoms with Gasteiger partial charge in [-0.1, -0.05) is 72.8 Å². The van der Waals surface area contributed by atoms with Crippen LogP contribution in [0, 0.1) is 5.82 Å². The van der Waals surface area contributed by atoms with Crippen molar-refractivity contribution in [1.29, 1.82) is 0 Å². The zero-order chi connectivity index (χ0) is 23.0. The second-order valence-corrected chi connectivity index (χ2v) is 7.90. The average Bonchev–Trinajstić information content (AvgIpc) is 2.85. The van der Waals surface area contributed by atoms with Crippen molar-refractivity contribution < 1.29 is 14.0 Å². The number of carbonyl (C=O) groups excluding carboxylic acids is 2. The summed E-state index contributed by atoms with van der Waals surface area (Å²) in [4.78, 5) is 26.0. The van der Waals surface area contributed by atoms with Gasteiger partial charge in [-0.15, -0.1) is 0 Å². The maximum Gasteiger partial charge on any atom is 0.252 e. The third kappa shape index (κ3) is 5.83. The number of fused-ring (bicyclic) bond motifs is 1. The Bertz CT molecular complexity index is 1240. The highest BCUT2D eigenvalue weighted by Crippen LogP contribution is 2.19. The molecule has 0 fully saturated rings. The van der Waals surface area contributed by atoms with Crippen molar-refractivity contribution in [2.75, 3.05) is 6.54 Å². The molecule has 0 aliphatic rings. The predicted octanol–water partition coefficient (Wildman–Crippen LogP) is 5.20. The summed E-state index contributed by atoms with van der Waals surface area (Å²) in [7, 11) is 0. The molecule has 0 spiro atoms. The summed E-state index contributed by atoms with van der Waals surface area (Å²) in [6, 6.07) is 27.9. The van der Waals surface area contributed by atoms with Crippen LogP contribution in [0.2, 0.25) is 0 Å². The van der Waals surface area contributed by atoms with Crippen LogP contribution in [0.25, 0.3) is 10.8 Å². The van der Waals surface area contributed by atoms with Crippen LogP contribution in [-0.2, 0) is 11.2 Å². The molecule has 2 amide bonds. The Morgan fingerprint density at radius 2 is 1.45 bits per heavy atom. The quantitative estimate of drug-likeness (QED) is 0.370. The lowest BCUT2D eigenvalue weighted by atomic mass is 10.0. The first-order valence-electron chi connectivity index (χ1n) is 11.0. The van der Waals surface area contributed by atoms with Crippen molar-refractivity contribution in [3.05, 3.63) is 120 Å². The fourth-order valence-corrected chi connectivity index (χ4v) is 3.77. The minimum Gasteiger partial charge on any atom is -0.354 e. The van der Waals surface area contributed by atoms with Crippen molar-refractivity contribution in [2.24, 2.45) is 0 Å². The molecule has 0 aromatic heterocycles. The second-order valence-electron chi connectivity index (χ2n) is 7.90. The summed E-state index contributed by atoms with van der Waals surface area (Å²) in [5, 5.41) is 7.27. The molecule has 4 nitrogen and oxygen atoms in total. The van der Waals surface area contributed by atoms with Crippen LogP contribution in [0.5, 0.6) is 0 Å². The first-order chi connectivity index (χ1) is 16.1. The molecule has 0 aliphatic heterocycles. The normalized spacial score (nSPS) is 11.7. The number of carbonyl (C=O) groups is 2. The molecule has 0 aliphatic carbocycles. The first-order valence-corrected chi connectivity index (χ1v) is 11.0. The van der Waals surface area contributed by atoms with Gasteiger partial charge in [0.05, 0.1) is 0 Å². The van der Waals surface area contributed by atoms with Crippen LogP contribution in [0.4, 0.5) is 4.39 Å². The monoisotopic (exact) mass is 440 g/mol. The van der Waals surface area contributed by atoms with Gasteiger partial charge in [-0.2, -0.15) is 0 Å².